The van der Waals surface area contributed by atoms with E-state index in [-0.39, 0.29) is 17.7 Å². The van der Waals surface area contributed by atoms with Crippen molar-refractivity contribution in [3.63, 3.8) is 0 Å². The predicted molar refractivity (Wildman–Crippen MR) is 127 cm³/mol. The smallest absolute Gasteiger partial charge is 0.224 e. The number of aromatic nitrogens is 1. The van der Waals surface area contributed by atoms with Crippen LogP contribution in [0.1, 0.15) is 31.2 Å². The summed E-state index contributed by atoms with van der Waals surface area (Å²) in [6.45, 7) is 5.51. The van der Waals surface area contributed by atoms with Crippen molar-refractivity contribution in [2.75, 3.05) is 49.5 Å². The number of piperazine rings is 1. The number of benzene rings is 1. The van der Waals surface area contributed by atoms with Crippen molar-refractivity contribution in [1.82, 2.24) is 15.2 Å². The summed E-state index contributed by atoms with van der Waals surface area (Å²) in [4.78, 5) is 33.1. The van der Waals surface area contributed by atoms with Gasteiger partial charge in [-0.15, -0.1) is 0 Å². The first-order chi connectivity index (χ1) is 15.7. The van der Waals surface area contributed by atoms with E-state index < -0.39 is 0 Å². The summed E-state index contributed by atoms with van der Waals surface area (Å²) in [5, 5.41) is 5.99. The molecule has 2 amide bonds. The van der Waals surface area contributed by atoms with E-state index in [0.717, 1.165) is 63.4 Å². The van der Waals surface area contributed by atoms with Gasteiger partial charge in [0.05, 0.1) is 11.4 Å². The van der Waals surface area contributed by atoms with Crippen molar-refractivity contribution >= 4 is 23.2 Å². The maximum absolute atomic E-state index is 12.5. The largest absolute Gasteiger partial charge is 0.367 e. The van der Waals surface area contributed by atoms with Gasteiger partial charge in [0.15, 0.2) is 0 Å². The average Bonchev–Trinajstić information content (AvgIpc) is 3.68. The average molecular weight is 436 g/mol. The highest BCUT2D eigenvalue weighted by Crippen LogP contribution is 2.29. The van der Waals surface area contributed by atoms with Gasteiger partial charge < -0.3 is 15.5 Å². The quantitative estimate of drug-likeness (QED) is 0.561. The molecule has 2 heterocycles. The molecule has 1 aromatic heterocycles. The number of nitrogens with zero attached hydrogens (tertiary/aromatic N) is 3. The maximum atomic E-state index is 12.5. The van der Waals surface area contributed by atoms with Crippen LogP contribution in [0.3, 0.4) is 0 Å². The number of para-hydroxylation sites is 2. The molecule has 2 N–H and O–H groups in total. The van der Waals surface area contributed by atoms with Crippen LogP contribution in [0.4, 0.5) is 11.4 Å². The third kappa shape index (κ3) is 6.53. The Morgan fingerprint density at radius 1 is 1.00 bits per heavy atom. The molecule has 0 radical (unpaired) electrons. The van der Waals surface area contributed by atoms with Crippen LogP contribution in [0.5, 0.6) is 0 Å². The molecule has 0 unspecified atom stereocenters. The number of carbonyl (C=O) groups excluding carboxylic acids is 2. The second kappa shape index (κ2) is 11.1. The molecule has 32 heavy (non-hydrogen) atoms. The van der Waals surface area contributed by atoms with E-state index in [1.54, 1.807) is 0 Å². The maximum Gasteiger partial charge on any atom is 0.224 e. The molecule has 1 saturated carbocycles. The number of rotatable bonds is 10. The van der Waals surface area contributed by atoms with Crippen LogP contribution in [0.2, 0.25) is 0 Å². The molecule has 1 aliphatic heterocycles. The molecule has 170 valence electrons. The molecule has 0 spiro atoms. The minimum absolute atomic E-state index is 0.00546. The normalized spacial score (nSPS) is 16.6. The van der Waals surface area contributed by atoms with Gasteiger partial charge in [0.2, 0.25) is 11.8 Å². The Hall–Kier alpha value is -2.93. The van der Waals surface area contributed by atoms with E-state index in [0.29, 0.717) is 19.4 Å². The Bertz CT molecular complexity index is 892. The van der Waals surface area contributed by atoms with Gasteiger partial charge in [0, 0.05) is 64.0 Å². The van der Waals surface area contributed by atoms with Gasteiger partial charge in [-0.1, -0.05) is 12.1 Å². The molecule has 7 nitrogen and oxygen atoms in total. The second-order valence-corrected chi connectivity index (χ2v) is 8.67. The summed E-state index contributed by atoms with van der Waals surface area (Å²) in [6, 6.07) is 12.2. The van der Waals surface area contributed by atoms with E-state index in [1.165, 1.54) is 5.56 Å². The third-order valence-electron chi connectivity index (χ3n) is 6.19. The predicted octanol–water partition coefficient (Wildman–Crippen LogP) is 2.69. The van der Waals surface area contributed by atoms with E-state index in [2.05, 4.69) is 43.6 Å². The highest BCUT2D eigenvalue weighted by molar-refractivity contribution is 5.94. The zero-order valence-electron chi connectivity index (χ0n) is 18.6. The lowest BCUT2D eigenvalue weighted by molar-refractivity contribution is -0.122. The monoisotopic (exact) mass is 435 g/mol. The Kier molecular flexibility index (Phi) is 7.72. The first-order valence-corrected chi connectivity index (χ1v) is 11.7. The van der Waals surface area contributed by atoms with Gasteiger partial charge in [-0.25, -0.2) is 0 Å². The lowest BCUT2D eigenvalue weighted by atomic mass is 10.1. The standard InChI is InChI=1S/C25H33N5O2/c31-24(6-3-12-27-25(32)21-7-8-21)28-22-4-1-2-5-23(22)30-18-16-29(17-19-30)15-11-20-9-13-26-14-10-20/h1-2,4-5,9-10,13-14,21H,3,6-8,11-12,15-19H2,(H,27,32)(H,28,31). The summed E-state index contributed by atoms with van der Waals surface area (Å²) in [7, 11) is 0. The molecule has 1 aliphatic carbocycles. The minimum atomic E-state index is -0.00546. The highest BCUT2D eigenvalue weighted by Gasteiger charge is 2.29. The number of hydrogen-bond acceptors (Lipinski definition) is 5. The van der Waals surface area contributed by atoms with Crippen molar-refractivity contribution in [3.05, 3.63) is 54.4 Å². The van der Waals surface area contributed by atoms with Gasteiger partial charge in [-0.2, -0.15) is 0 Å². The van der Waals surface area contributed by atoms with Crippen LogP contribution in [0.25, 0.3) is 0 Å². The molecule has 2 fully saturated rings. The minimum Gasteiger partial charge on any atom is -0.367 e. The number of hydrogen-bond donors (Lipinski definition) is 2. The van der Waals surface area contributed by atoms with Crippen LogP contribution in [0.15, 0.2) is 48.8 Å². The number of nitrogens with one attached hydrogen (secondary N) is 2. The Balaban J connectivity index is 1.21. The highest BCUT2D eigenvalue weighted by atomic mass is 16.2. The van der Waals surface area contributed by atoms with Gasteiger partial charge in [0.25, 0.3) is 0 Å². The van der Waals surface area contributed by atoms with Crippen LogP contribution >= 0.6 is 0 Å². The van der Waals surface area contributed by atoms with E-state index in [4.69, 9.17) is 0 Å². The first-order valence-electron chi connectivity index (χ1n) is 11.7. The molecule has 1 saturated heterocycles. The molecule has 1 aromatic carbocycles. The van der Waals surface area contributed by atoms with Gasteiger partial charge in [-0.05, 0) is 55.5 Å². The number of anilines is 2. The van der Waals surface area contributed by atoms with Crippen LogP contribution < -0.4 is 15.5 Å². The summed E-state index contributed by atoms with van der Waals surface area (Å²) in [6.07, 6.45) is 7.80. The fraction of sp³-hybridized carbons (Fsp3) is 0.480. The zero-order chi connectivity index (χ0) is 22.2. The molecule has 0 atom stereocenters. The molecule has 7 heteroatoms. The third-order valence-corrected chi connectivity index (χ3v) is 6.19. The van der Waals surface area contributed by atoms with E-state index >= 15 is 0 Å². The van der Waals surface area contributed by atoms with Crippen molar-refractivity contribution in [2.24, 2.45) is 5.92 Å². The lowest BCUT2D eigenvalue weighted by Gasteiger charge is -2.37. The summed E-state index contributed by atoms with van der Waals surface area (Å²) < 4.78 is 0. The van der Waals surface area contributed by atoms with Gasteiger partial charge >= 0.3 is 0 Å². The lowest BCUT2D eigenvalue weighted by Crippen LogP contribution is -2.47. The topological polar surface area (TPSA) is 77.6 Å². The van der Waals surface area contributed by atoms with Crippen molar-refractivity contribution in [1.29, 1.82) is 0 Å². The molecule has 0 bridgehead atoms. The van der Waals surface area contributed by atoms with E-state index in [1.807, 2.05) is 30.6 Å². The van der Waals surface area contributed by atoms with Crippen molar-refractivity contribution in [3.8, 4) is 0 Å². The second-order valence-electron chi connectivity index (χ2n) is 8.67. The SMILES string of the molecule is O=C(CCCNC(=O)C1CC1)Nc1ccccc1N1CCN(CCc2ccncc2)CC1. The van der Waals surface area contributed by atoms with Crippen LogP contribution in [0, 0.1) is 5.92 Å². The van der Waals surface area contributed by atoms with Gasteiger partial charge in [-0.3, -0.25) is 19.5 Å². The Morgan fingerprint density at radius 2 is 1.75 bits per heavy atom. The first kappa shape index (κ1) is 22.3. The fourth-order valence-electron chi connectivity index (χ4n) is 4.07. The van der Waals surface area contributed by atoms with Gasteiger partial charge in [0.1, 0.15) is 0 Å². The molecule has 4 rings (SSSR count). The summed E-state index contributed by atoms with van der Waals surface area (Å²) in [5.74, 6) is 0.344. The summed E-state index contributed by atoms with van der Waals surface area (Å²) in [5.41, 5.74) is 3.27. The molecule has 2 aromatic rings. The Labute approximate surface area is 190 Å². The molecule has 2 aliphatic rings. The number of carbonyl (C=O) groups is 2. The summed E-state index contributed by atoms with van der Waals surface area (Å²) >= 11 is 0. The zero-order valence-corrected chi connectivity index (χ0v) is 18.6. The van der Waals surface area contributed by atoms with Crippen LogP contribution in [-0.4, -0.2) is 61.0 Å². The van der Waals surface area contributed by atoms with Crippen molar-refractivity contribution in [2.45, 2.75) is 32.1 Å². The van der Waals surface area contributed by atoms with Crippen LogP contribution in [-0.2, 0) is 16.0 Å². The van der Waals surface area contributed by atoms with Crippen molar-refractivity contribution < 1.29 is 9.59 Å². The Morgan fingerprint density at radius 3 is 2.50 bits per heavy atom. The molecular formula is C25H33N5O2. The number of amides is 2. The molecular weight excluding hydrogens is 402 g/mol. The van der Waals surface area contributed by atoms with E-state index in [9.17, 15) is 9.59 Å². The fourth-order valence-corrected chi connectivity index (χ4v) is 4.07. The number of pyridine rings is 1.